The van der Waals surface area contributed by atoms with Crippen molar-refractivity contribution in [2.45, 2.75) is 18.9 Å². The highest BCUT2D eigenvalue weighted by Gasteiger charge is 2.29. The number of nitrogens with zero attached hydrogens (tertiary/aromatic N) is 1. The monoisotopic (exact) mass is 314 g/mol. The van der Waals surface area contributed by atoms with Gasteiger partial charge in [0.1, 0.15) is 0 Å². The fourth-order valence-electron chi connectivity index (χ4n) is 1.55. The van der Waals surface area contributed by atoms with E-state index < -0.39 is 6.10 Å². The lowest BCUT2D eigenvalue weighted by molar-refractivity contribution is -0.141. The third kappa shape index (κ3) is 2.79. The zero-order valence-electron chi connectivity index (χ0n) is 9.60. The van der Waals surface area contributed by atoms with E-state index in [1.165, 1.54) is 7.11 Å². The predicted molar refractivity (Wildman–Crippen MR) is 66.2 cm³/mol. The molecule has 2 rings (SSSR count). The zero-order valence-corrected chi connectivity index (χ0v) is 11.2. The summed E-state index contributed by atoms with van der Waals surface area (Å²) in [7, 11) is 1.31. The number of nitrogens with one attached hydrogen (secondary N) is 1. The van der Waals surface area contributed by atoms with E-state index in [0.29, 0.717) is 11.6 Å². The van der Waals surface area contributed by atoms with E-state index in [9.17, 15) is 9.59 Å². The maximum absolute atomic E-state index is 11.7. The van der Waals surface area contributed by atoms with Gasteiger partial charge in [0, 0.05) is 23.5 Å². The first kappa shape index (κ1) is 12.8. The number of fused-ring (bicyclic) bond motifs is 1. The van der Waals surface area contributed by atoms with Crippen LogP contribution in [0.25, 0.3) is 0 Å². The van der Waals surface area contributed by atoms with Crippen LogP contribution >= 0.6 is 15.9 Å². The summed E-state index contributed by atoms with van der Waals surface area (Å²) in [6, 6.07) is 1.72. The van der Waals surface area contributed by atoms with E-state index in [0.717, 1.165) is 4.47 Å². The Hall–Kier alpha value is -1.63. The third-order valence-electron chi connectivity index (χ3n) is 2.46. The molecule has 1 atom stereocenters. The molecule has 1 aromatic rings. The Bertz CT molecular complexity index is 492. The largest absolute Gasteiger partial charge is 0.477 e. The molecular weight excluding hydrogens is 304 g/mol. The number of carbonyl (C=O) groups is 2. The minimum Gasteiger partial charge on any atom is -0.477 e. The number of amides is 1. The Morgan fingerprint density at radius 3 is 3.17 bits per heavy atom. The van der Waals surface area contributed by atoms with Gasteiger partial charge in [0.2, 0.25) is 0 Å². The average molecular weight is 315 g/mol. The number of esters is 1. The molecule has 0 spiro atoms. The van der Waals surface area contributed by atoms with Gasteiger partial charge in [-0.25, -0.2) is 4.98 Å². The number of rotatable bonds is 3. The molecule has 0 saturated heterocycles. The molecule has 96 valence electrons. The number of halogens is 1. The van der Waals surface area contributed by atoms with Crippen molar-refractivity contribution in [3.63, 3.8) is 0 Å². The molecule has 1 N–H and O–H groups in total. The second kappa shape index (κ2) is 5.34. The van der Waals surface area contributed by atoms with Crippen LogP contribution in [0, 0.1) is 0 Å². The van der Waals surface area contributed by atoms with E-state index in [1.54, 1.807) is 12.3 Å². The Morgan fingerprint density at radius 2 is 2.44 bits per heavy atom. The first-order chi connectivity index (χ1) is 8.60. The minimum atomic E-state index is -0.701. The number of pyridine rings is 1. The summed E-state index contributed by atoms with van der Waals surface area (Å²) in [5, 5.41) is 2.63. The molecule has 1 unspecified atom stereocenters. The van der Waals surface area contributed by atoms with Crippen LogP contribution in [-0.2, 0) is 14.3 Å². The third-order valence-corrected chi connectivity index (χ3v) is 2.89. The van der Waals surface area contributed by atoms with E-state index in [-0.39, 0.29) is 24.7 Å². The predicted octanol–water partition coefficient (Wildman–Crippen LogP) is 1.50. The number of carbonyl (C=O) groups excluding carboxylic acids is 2. The number of methoxy groups -OCH3 is 1. The van der Waals surface area contributed by atoms with Crippen LogP contribution in [0.1, 0.15) is 12.8 Å². The maximum atomic E-state index is 11.7. The average Bonchev–Trinajstić information content (AvgIpc) is 2.36. The van der Waals surface area contributed by atoms with Crippen molar-refractivity contribution >= 4 is 33.6 Å². The molecule has 0 radical (unpaired) electrons. The van der Waals surface area contributed by atoms with Gasteiger partial charge in [-0.1, -0.05) is 0 Å². The highest BCUT2D eigenvalue weighted by atomic mass is 79.9. The van der Waals surface area contributed by atoms with E-state index in [4.69, 9.17) is 4.74 Å². The molecule has 0 aromatic carbocycles. The van der Waals surface area contributed by atoms with E-state index in [1.807, 2.05) is 0 Å². The van der Waals surface area contributed by atoms with Crippen molar-refractivity contribution in [2.24, 2.45) is 0 Å². The normalized spacial score (nSPS) is 17.4. The number of hydrogen-bond acceptors (Lipinski definition) is 5. The summed E-state index contributed by atoms with van der Waals surface area (Å²) in [6.45, 7) is 0. The van der Waals surface area contributed by atoms with Crippen LogP contribution in [0.15, 0.2) is 16.7 Å². The van der Waals surface area contributed by atoms with Crippen LogP contribution in [0.5, 0.6) is 5.75 Å². The van der Waals surface area contributed by atoms with Gasteiger partial charge in [0.05, 0.1) is 7.11 Å². The van der Waals surface area contributed by atoms with Crippen LogP contribution in [0.2, 0.25) is 0 Å². The Balaban J connectivity index is 2.07. The fraction of sp³-hybridized carbons (Fsp3) is 0.364. The molecular formula is C11H11BrN2O4. The molecule has 0 bridgehead atoms. The minimum absolute atomic E-state index is 0.130. The van der Waals surface area contributed by atoms with Crippen LogP contribution in [0.3, 0.4) is 0 Å². The lowest BCUT2D eigenvalue weighted by Gasteiger charge is -2.24. The maximum Gasteiger partial charge on any atom is 0.305 e. The lowest BCUT2D eigenvalue weighted by atomic mass is 10.1. The van der Waals surface area contributed by atoms with Crippen molar-refractivity contribution in [3.05, 3.63) is 16.7 Å². The number of hydrogen-bond donors (Lipinski definition) is 1. The van der Waals surface area contributed by atoms with Gasteiger partial charge in [-0.05, 0) is 22.0 Å². The Labute approximate surface area is 112 Å². The standard InChI is InChI=1S/C11H11BrN2O4/c1-17-9(15)3-2-7-11(16)14-10-8(18-7)4-6(12)5-13-10/h4-5,7H,2-3H2,1H3,(H,13,14,16). The van der Waals surface area contributed by atoms with E-state index in [2.05, 4.69) is 31.0 Å². The lowest BCUT2D eigenvalue weighted by Crippen LogP contribution is -2.37. The summed E-state index contributed by atoms with van der Waals surface area (Å²) in [6.07, 6.45) is 1.26. The second-order valence-corrected chi connectivity index (χ2v) is 4.63. The molecule has 1 aliphatic heterocycles. The molecule has 2 heterocycles. The highest BCUT2D eigenvalue weighted by Crippen LogP contribution is 2.30. The van der Waals surface area contributed by atoms with Gasteiger partial charge in [-0.2, -0.15) is 0 Å². The quantitative estimate of drug-likeness (QED) is 0.855. The Morgan fingerprint density at radius 1 is 1.67 bits per heavy atom. The summed E-state index contributed by atoms with van der Waals surface area (Å²) in [4.78, 5) is 26.8. The van der Waals surface area contributed by atoms with Crippen LogP contribution in [0.4, 0.5) is 5.82 Å². The number of ether oxygens (including phenoxy) is 2. The molecule has 18 heavy (non-hydrogen) atoms. The van der Waals surface area contributed by atoms with Crippen molar-refractivity contribution in [3.8, 4) is 5.75 Å². The van der Waals surface area contributed by atoms with E-state index >= 15 is 0 Å². The van der Waals surface area contributed by atoms with Crippen LogP contribution in [-0.4, -0.2) is 30.1 Å². The summed E-state index contributed by atoms with van der Waals surface area (Å²) in [5.41, 5.74) is 0. The molecule has 1 amide bonds. The number of aromatic nitrogens is 1. The molecule has 0 aliphatic carbocycles. The molecule has 6 nitrogen and oxygen atoms in total. The van der Waals surface area contributed by atoms with Crippen molar-refractivity contribution in [1.82, 2.24) is 4.98 Å². The first-order valence-electron chi connectivity index (χ1n) is 5.30. The van der Waals surface area contributed by atoms with Gasteiger partial charge < -0.3 is 14.8 Å². The molecule has 7 heteroatoms. The van der Waals surface area contributed by atoms with Gasteiger partial charge in [-0.15, -0.1) is 0 Å². The van der Waals surface area contributed by atoms with Crippen molar-refractivity contribution < 1.29 is 19.1 Å². The zero-order chi connectivity index (χ0) is 13.1. The molecule has 0 saturated carbocycles. The van der Waals surface area contributed by atoms with Gasteiger partial charge >= 0.3 is 5.97 Å². The van der Waals surface area contributed by atoms with Gasteiger partial charge in [0.15, 0.2) is 17.7 Å². The number of anilines is 1. The SMILES string of the molecule is COC(=O)CCC1Oc2cc(Br)cnc2NC1=O. The second-order valence-electron chi connectivity index (χ2n) is 3.71. The molecule has 1 aliphatic rings. The summed E-state index contributed by atoms with van der Waals surface area (Å²) >= 11 is 3.27. The van der Waals surface area contributed by atoms with Crippen molar-refractivity contribution in [2.75, 3.05) is 12.4 Å². The van der Waals surface area contributed by atoms with Crippen LogP contribution < -0.4 is 10.1 Å². The van der Waals surface area contributed by atoms with Gasteiger partial charge in [0.25, 0.3) is 5.91 Å². The topological polar surface area (TPSA) is 77.5 Å². The Kier molecular flexibility index (Phi) is 3.81. The first-order valence-corrected chi connectivity index (χ1v) is 6.09. The molecule has 1 aromatic heterocycles. The van der Waals surface area contributed by atoms with Crippen molar-refractivity contribution in [1.29, 1.82) is 0 Å². The fourth-order valence-corrected chi connectivity index (χ4v) is 1.86. The molecule has 0 fully saturated rings. The highest BCUT2D eigenvalue weighted by molar-refractivity contribution is 9.10. The smallest absolute Gasteiger partial charge is 0.305 e. The summed E-state index contributed by atoms with van der Waals surface area (Å²) < 4.78 is 10.8. The van der Waals surface area contributed by atoms with Gasteiger partial charge in [-0.3, -0.25) is 9.59 Å². The summed E-state index contributed by atoms with van der Waals surface area (Å²) in [5.74, 6) is 0.196.